The van der Waals surface area contributed by atoms with Crippen molar-refractivity contribution in [1.29, 1.82) is 0 Å². The van der Waals surface area contributed by atoms with Gasteiger partial charge in [0.2, 0.25) is 5.91 Å². The van der Waals surface area contributed by atoms with Crippen LogP contribution in [-0.4, -0.2) is 20.5 Å². The first kappa shape index (κ1) is 18.1. The third-order valence-electron chi connectivity index (χ3n) is 4.56. The van der Waals surface area contributed by atoms with E-state index in [1.807, 2.05) is 30.5 Å². The van der Waals surface area contributed by atoms with Crippen LogP contribution in [0.2, 0.25) is 0 Å². The van der Waals surface area contributed by atoms with Crippen molar-refractivity contribution in [3.8, 4) is 0 Å². The lowest BCUT2D eigenvalue weighted by Gasteiger charge is -2.25. The van der Waals surface area contributed by atoms with Crippen molar-refractivity contribution in [2.24, 2.45) is 0 Å². The van der Waals surface area contributed by atoms with E-state index in [-0.39, 0.29) is 16.7 Å². The lowest BCUT2D eigenvalue weighted by atomic mass is 9.81. The van der Waals surface area contributed by atoms with E-state index in [0.29, 0.717) is 12.2 Å². The monoisotopic (exact) mass is 350 g/mol. The van der Waals surface area contributed by atoms with Crippen molar-refractivity contribution in [2.45, 2.75) is 51.9 Å². The van der Waals surface area contributed by atoms with Gasteiger partial charge in [0, 0.05) is 24.4 Å². The first-order valence-electron chi connectivity index (χ1n) is 8.88. The van der Waals surface area contributed by atoms with Gasteiger partial charge < -0.3 is 5.32 Å². The average molecular weight is 350 g/mol. The molecule has 0 fully saturated rings. The SMILES string of the molecule is CC(C)(C)c1c(NC(=O)CC(C)(C)c2ccccc2)nn2cccnc12. The van der Waals surface area contributed by atoms with E-state index in [1.165, 1.54) is 0 Å². The smallest absolute Gasteiger partial charge is 0.226 e. The zero-order valence-corrected chi connectivity index (χ0v) is 16.1. The van der Waals surface area contributed by atoms with E-state index >= 15 is 0 Å². The number of aromatic nitrogens is 3. The molecule has 1 aromatic carbocycles. The zero-order valence-electron chi connectivity index (χ0n) is 16.1. The van der Waals surface area contributed by atoms with Crippen molar-refractivity contribution >= 4 is 17.4 Å². The highest BCUT2D eigenvalue weighted by molar-refractivity contribution is 5.92. The number of amides is 1. The Kier molecular flexibility index (Phi) is 4.57. The van der Waals surface area contributed by atoms with Gasteiger partial charge in [-0.05, 0) is 22.5 Å². The second kappa shape index (κ2) is 6.56. The molecule has 3 aromatic rings. The van der Waals surface area contributed by atoms with Crippen LogP contribution in [0.15, 0.2) is 48.8 Å². The summed E-state index contributed by atoms with van der Waals surface area (Å²) in [6.45, 7) is 10.5. The number of benzene rings is 1. The van der Waals surface area contributed by atoms with Crippen LogP contribution < -0.4 is 5.32 Å². The van der Waals surface area contributed by atoms with E-state index in [4.69, 9.17) is 0 Å². The first-order valence-corrected chi connectivity index (χ1v) is 8.88. The van der Waals surface area contributed by atoms with Crippen LogP contribution in [0.25, 0.3) is 5.65 Å². The van der Waals surface area contributed by atoms with Gasteiger partial charge in [-0.3, -0.25) is 4.79 Å². The number of nitrogens with zero attached hydrogens (tertiary/aromatic N) is 3. The molecule has 0 saturated heterocycles. The molecule has 0 bridgehead atoms. The van der Waals surface area contributed by atoms with E-state index in [9.17, 15) is 4.79 Å². The van der Waals surface area contributed by atoms with Gasteiger partial charge in [-0.15, -0.1) is 5.10 Å². The summed E-state index contributed by atoms with van der Waals surface area (Å²) in [6, 6.07) is 11.9. The average Bonchev–Trinajstić information content (AvgIpc) is 2.92. The largest absolute Gasteiger partial charge is 0.309 e. The summed E-state index contributed by atoms with van der Waals surface area (Å²) in [5, 5.41) is 7.57. The predicted octanol–water partition coefficient (Wildman–Crippen LogP) is 4.33. The number of carbonyl (C=O) groups excluding carboxylic acids is 1. The van der Waals surface area contributed by atoms with Crippen LogP contribution in [0.4, 0.5) is 5.82 Å². The topological polar surface area (TPSA) is 59.3 Å². The van der Waals surface area contributed by atoms with Gasteiger partial charge in [0.15, 0.2) is 11.5 Å². The number of rotatable bonds is 4. The molecule has 0 aliphatic heterocycles. The zero-order chi connectivity index (χ0) is 18.9. The van der Waals surface area contributed by atoms with Gasteiger partial charge in [-0.25, -0.2) is 9.50 Å². The molecular formula is C21H26N4O. The maximum Gasteiger partial charge on any atom is 0.226 e. The van der Waals surface area contributed by atoms with Crippen LogP contribution >= 0.6 is 0 Å². The van der Waals surface area contributed by atoms with Crippen LogP contribution in [0.3, 0.4) is 0 Å². The Morgan fingerprint density at radius 3 is 2.42 bits per heavy atom. The number of hydrogen-bond donors (Lipinski definition) is 1. The molecule has 0 atom stereocenters. The Balaban J connectivity index is 1.88. The lowest BCUT2D eigenvalue weighted by molar-refractivity contribution is -0.117. The molecule has 5 nitrogen and oxygen atoms in total. The summed E-state index contributed by atoms with van der Waals surface area (Å²) in [6.07, 6.45) is 3.97. The van der Waals surface area contributed by atoms with Crippen LogP contribution in [0.1, 0.15) is 52.2 Å². The Morgan fingerprint density at radius 1 is 1.08 bits per heavy atom. The fraction of sp³-hybridized carbons (Fsp3) is 0.381. The first-order chi connectivity index (χ1) is 12.2. The third-order valence-corrected chi connectivity index (χ3v) is 4.56. The molecule has 0 spiro atoms. The number of nitrogens with one attached hydrogen (secondary N) is 1. The minimum atomic E-state index is -0.259. The van der Waals surface area contributed by atoms with Crippen LogP contribution in [-0.2, 0) is 15.6 Å². The maximum absolute atomic E-state index is 12.8. The molecule has 0 aliphatic carbocycles. The highest BCUT2D eigenvalue weighted by atomic mass is 16.1. The van der Waals surface area contributed by atoms with Gasteiger partial charge in [-0.1, -0.05) is 65.0 Å². The predicted molar refractivity (Wildman–Crippen MR) is 104 cm³/mol. The molecule has 0 saturated carbocycles. The quantitative estimate of drug-likeness (QED) is 0.762. The normalized spacial score (nSPS) is 12.3. The Hall–Kier alpha value is -2.69. The van der Waals surface area contributed by atoms with E-state index < -0.39 is 0 Å². The highest BCUT2D eigenvalue weighted by Crippen LogP contribution is 2.33. The molecule has 136 valence electrons. The van der Waals surface area contributed by atoms with E-state index in [2.05, 4.69) is 62.2 Å². The summed E-state index contributed by atoms with van der Waals surface area (Å²) in [4.78, 5) is 17.2. The molecule has 26 heavy (non-hydrogen) atoms. The summed E-state index contributed by atoms with van der Waals surface area (Å²) >= 11 is 0. The molecular weight excluding hydrogens is 324 g/mol. The van der Waals surface area contributed by atoms with Crippen molar-refractivity contribution in [2.75, 3.05) is 5.32 Å². The minimum absolute atomic E-state index is 0.0484. The fourth-order valence-electron chi connectivity index (χ4n) is 3.23. The van der Waals surface area contributed by atoms with Crippen molar-refractivity contribution < 1.29 is 4.79 Å². The summed E-state index contributed by atoms with van der Waals surface area (Å²) in [5.74, 6) is 0.540. The summed E-state index contributed by atoms with van der Waals surface area (Å²) in [7, 11) is 0. The Labute approximate surface area is 154 Å². The van der Waals surface area contributed by atoms with Gasteiger partial charge in [-0.2, -0.15) is 0 Å². The van der Waals surface area contributed by atoms with Crippen molar-refractivity contribution in [1.82, 2.24) is 14.6 Å². The third kappa shape index (κ3) is 3.62. The van der Waals surface area contributed by atoms with Crippen molar-refractivity contribution in [3.63, 3.8) is 0 Å². The molecule has 5 heteroatoms. The molecule has 2 aromatic heterocycles. The minimum Gasteiger partial charge on any atom is -0.309 e. The molecule has 2 heterocycles. The van der Waals surface area contributed by atoms with Gasteiger partial charge >= 0.3 is 0 Å². The molecule has 1 amide bonds. The second-order valence-corrected chi connectivity index (χ2v) is 8.34. The maximum atomic E-state index is 12.8. The fourth-order valence-corrected chi connectivity index (χ4v) is 3.23. The molecule has 0 radical (unpaired) electrons. The lowest BCUT2D eigenvalue weighted by Crippen LogP contribution is -2.27. The van der Waals surface area contributed by atoms with E-state index in [0.717, 1.165) is 16.8 Å². The van der Waals surface area contributed by atoms with E-state index in [1.54, 1.807) is 10.7 Å². The number of hydrogen-bond acceptors (Lipinski definition) is 3. The van der Waals surface area contributed by atoms with Gasteiger partial charge in [0.05, 0.1) is 0 Å². The molecule has 0 aliphatic rings. The van der Waals surface area contributed by atoms with Crippen molar-refractivity contribution in [3.05, 3.63) is 59.9 Å². The highest BCUT2D eigenvalue weighted by Gasteiger charge is 2.29. The van der Waals surface area contributed by atoms with Crippen LogP contribution in [0.5, 0.6) is 0 Å². The molecule has 0 unspecified atom stereocenters. The molecule has 3 rings (SSSR count). The molecule has 1 N–H and O–H groups in total. The summed E-state index contributed by atoms with van der Waals surface area (Å²) in [5.41, 5.74) is 2.42. The standard InChI is InChI=1S/C21H26N4O/c1-20(2,3)17-18(24-25-13-9-12-22-19(17)25)23-16(26)14-21(4,5)15-10-7-6-8-11-15/h6-13H,14H2,1-5H3,(H,23,24,26). The van der Waals surface area contributed by atoms with Gasteiger partial charge in [0.25, 0.3) is 0 Å². The summed E-state index contributed by atoms with van der Waals surface area (Å²) < 4.78 is 1.72. The number of carbonyl (C=O) groups is 1. The number of anilines is 1. The Bertz CT molecular complexity index is 920. The Morgan fingerprint density at radius 2 is 1.77 bits per heavy atom. The van der Waals surface area contributed by atoms with Gasteiger partial charge in [0.1, 0.15) is 0 Å². The second-order valence-electron chi connectivity index (χ2n) is 8.34. The van der Waals surface area contributed by atoms with Crippen LogP contribution in [0, 0.1) is 0 Å². The number of fused-ring (bicyclic) bond motifs is 1.